The molecule has 1 fully saturated rings. The van der Waals surface area contributed by atoms with Crippen LogP contribution < -0.4 is 5.32 Å². The van der Waals surface area contributed by atoms with Gasteiger partial charge in [-0.3, -0.25) is 0 Å². The molecule has 1 saturated heterocycles. The minimum absolute atomic E-state index is 0.139. The molecule has 1 aromatic heterocycles. The molecule has 1 aliphatic heterocycles. The molecule has 1 aromatic carbocycles. The zero-order chi connectivity index (χ0) is 14.2. The van der Waals surface area contributed by atoms with Gasteiger partial charge in [-0.05, 0) is 25.5 Å². The second kappa shape index (κ2) is 5.20. The summed E-state index contributed by atoms with van der Waals surface area (Å²) in [6.45, 7) is 6.24. The summed E-state index contributed by atoms with van der Waals surface area (Å²) in [4.78, 5) is 0. The van der Waals surface area contributed by atoms with Gasteiger partial charge in [0.15, 0.2) is 5.79 Å². The highest BCUT2D eigenvalue weighted by Crippen LogP contribution is 2.22. The summed E-state index contributed by atoms with van der Waals surface area (Å²) >= 11 is 0. The smallest absolute Gasteiger partial charge is 0.163 e. The molecule has 1 unspecified atom stereocenters. The number of hydrogen-bond donors (Lipinski definition) is 1. The molecule has 20 heavy (non-hydrogen) atoms. The number of fused-ring (bicyclic) bond motifs is 1. The number of benzene rings is 1. The van der Waals surface area contributed by atoms with E-state index in [2.05, 4.69) is 47.4 Å². The van der Waals surface area contributed by atoms with Crippen LogP contribution in [-0.4, -0.2) is 29.6 Å². The lowest BCUT2D eigenvalue weighted by molar-refractivity contribution is -0.137. The van der Waals surface area contributed by atoms with E-state index in [1.54, 1.807) is 0 Å². The third kappa shape index (κ3) is 2.73. The summed E-state index contributed by atoms with van der Waals surface area (Å²) in [7, 11) is 2.09. The highest BCUT2D eigenvalue weighted by atomic mass is 16.7. The Labute approximate surface area is 119 Å². The first-order chi connectivity index (χ1) is 9.55. The molecule has 0 aliphatic carbocycles. The van der Waals surface area contributed by atoms with E-state index in [9.17, 15) is 0 Å². The molecule has 2 aromatic rings. The number of aromatic nitrogens is 1. The van der Waals surface area contributed by atoms with Crippen LogP contribution in [0.4, 0.5) is 0 Å². The lowest BCUT2D eigenvalue weighted by atomic mass is 10.2. The molecule has 108 valence electrons. The Bertz CT molecular complexity index is 604. The Balaban J connectivity index is 1.61. The van der Waals surface area contributed by atoms with Gasteiger partial charge in [0.1, 0.15) is 0 Å². The van der Waals surface area contributed by atoms with Crippen molar-refractivity contribution in [3.8, 4) is 0 Å². The van der Waals surface area contributed by atoms with Crippen molar-refractivity contribution in [2.45, 2.75) is 32.3 Å². The van der Waals surface area contributed by atoms with Gasteiger partial charge >= 0.3 is 0 Å². The van der Waals surface area contributed by atoms with E-state index in [-0.39, 0.29) is 6.10 Å². The van der Waals surface area contributed by atoms with Gasteiger partial charge in [0.2, 0.25) is 0 Å². The van der Waals surface area contributed by atoms with E-state index in [0.29, 0.717) is 6.61 Å². The topological polar surface area (TPSA) is 35.4 Å². The molecule has 0 spiro atoms. The summed E-state index contributed by atoms with van der Waals surface area (Å²) in [5, 5.41) is 4.78. The third-order valence-corrected chi connectivity index (χ3v) is 3.73. The lowest BCUT2D eigenvalue weighted by Gasteiger charge is -2.17. The Kier molecular flexibility index (Phi) is 3.54. The number of para-hydroxylation sites is 1. The molecule has 0 saturated carbocycles. The molecule has 0 radical (unpaired) electrons. The maximum absolute atomic E-state index is 5.79. The van der Waals surface area contributed by atoms with Gasteiger partial charge in [0, 0.05) is 37.2 Å². The monoisotopic (exact) mass is 274 g/mol. The average molecular weight is 274 g/mol. The minimum Gasteiger partial charge on any atom is -0.350 e. The van der Waals surface area contributed by atoms with Gasteiger partial charge in [-0.25, -0.2) is 0 Å². The number of nitrogens with one attached hydrogen (secondary N) is 1. The van der Waals surface area contributed by atoms with Crippen LogP contribution in [0.15, 0.2) is 30.5 Å². The van der Waals surface area contributed by atoms with E-state index in [4.69, 9.17) is 9.47 Å². The quantitative estimate of drug-likeness (QED) is 0.930. The predicted molar refractivity (Wildman–Crippen MR) is 79.5 cm³/mol. The van der Waals surface area contributed by atoms with Crippen molar-refractivity contribution >= 4 is 10.9 Å². The second-order valence-electron chi connectivity index (χ2n) is 5.86. The summed E-state index contributed by atoms with van der Waals surface area (Å²) in [5.41, 5.74) is 2.59. The first kappa shape index (κ1) is 13.6. The van der Waals surface area contributed by atoms with Crippen LogP contribution >= 0.6 is 0 Å². The van der Waals surface area contributed by atoms with Crippen molar-refractivity contribution in [3.63, 3.8) is 0 Å². The van der Waals surface area contributed by atoms with Gasteiger partial charge in [-0.2, -0.15) is 0 Å². The highest BCUT2D eigenvalue weighted by Gasteiger charge is 2.32. The van der Waals surface area contributed by atoms with Crippen molar-refractivity contribution in [2.24, 2.45) is 7.05 Å². The van der Waals surface area contributed by atoms with Gasteiger partial charge in [0.25, 0.3) is 0 Å². The summed E-state index contributed by atoms with van der Waals surface area (Å²) in [6.07, 6.45) is 2.33. The Morgan fingerprint density at radius 3 is 2.90 bits per heavy atom. The van der Waals surface area contributed by atoms with Crippen LogP contribution in [0.3, 0.4) is 0 Å². The van der Waals surface area contributed by atoms with E-state index in [1.807, 2.05) is 13.8 Å². The van der Waals surface area contributed by atoms with Crippen LogP contribution in [-0.2, 0) is 23.1 Å². The molecule has 1 atom stereocenters. The minimum atomic E-state index is -0.439. The SMILES string of the molecule is Cn1cc(CNCC2COC(C)(C)O2)c2ccccc21. The molecule has 4 heteroatoms. The molecule has 2 heterocycles. The number of hydrogen-bond acceptors (Lipinski definition) is 3. The maximum Gasteiger partial charge on any atom is 0.163 e. The Morgan fingerprint density at radius 1 is 1.35 bits per heavy atom. The number of rotatable bonds is 4. The maximum atomic E-state index is 5.79. The Morgan fingerprint density at radius 2 is 2.15 bits per heavy atom. The molecular formula is C16H22N2O2. The van der Waals surface area contributed by atoms with Crippen molar-refractivity contribution in [2.75, 3.05) is 13.2 Å². The number of ether oxygens (including phenoxy) is 2. The fourth-order valence-electron chi connectivity index (χ4n) is 2.80. The molecule has 1 aliphatic rings. The number of aryl methyl sites for hydroxylation is 1. The molecule has 0 amide bonds. The van der Waals surface area contributed by atoms with Gasteiger partial charge in [0.05, 0.1) is 12.7 Å². The normalized spacial score (nSPS) is 21.6. The van der Waals surface area contributed by atoms with Gasteiger partial charge in [-0.15, -0.1) is 0 Å². The van der Waals surface area contributed by atoms with Gasteiger partial charge in [-0.1, -0.05) is 18.2 Å². The lowest BCUT2D eigenvalue weighted by Crippen LogP contribution is -2.30. The van der Waals surface area contributed by atoms with Crippen molar-refractivity contribution in [1.29, 1.82) is 0 Å². The molecular weight excluding hydrogens is 252 g/mol. The average Bonchev–Trinajstić information content (AvgIpc) is 2.92. The molecule has 4 nitrogen and oxygen atoms in total. The standard InChI is InChI=1S/C16H22N2O2/c1-16(2)19-11-13(20-16)9-17-8-12-10-18(3)15-7-5-4-6-14(12)15/h4-7,10,13,17H,8-9,11H2,1-3H3. The zero-order valence-electron chi connectivity index (χ0n) is 12.3. The van der Waals surface area contributed by atoms with Crippen LogP contribution in [0, 0.1) is 0 Å². The van der Waals surface area contributed by atoms with E-state index < -0.39 is 5.79 Å². The second-order valence-corrected chi connectivity index (χ2v) is 5.86. The fraction of sp³-hybridized carbons (Fsp3) is 0.500. The van der Waals surface area contributed by atoms with Crippen LogP contribution in [0.2, 0.25) is 0 Å². The summed E-state index contributed by atoms with van der Waals surface area (Å²) < 4.78 is 13.5. The van der Waals surface area contributed by atoms with E-state index >= 15 is 0 Å². The third-order valence-electron chi connectivity index (χ3n) is 3.73. The summed E-state index contributed by atoms with van der Waals surface area (Å²) in [6, 6.07) is 8.48. The van der Waals surface area contributed by atoms with Crippen molar-refractivity contribution in [3.05, 3.63) is 36.0 Å². The van der Waals surface area contributed by atoms with Crippen molar-refractivity contribution in [1.82, 2.24) is 9.88 Å². The van der Waals surface area contributed by atoms with Crippen molar-refractivity contribution < 1.29 is 9.47 Å². The van der Waals surface area contributed by atoms with E-state index in [0.717, 1.165) is 13.1 Å². The Hall–Kier alpha value is -1.36. The van der Waals surface area contributed by atoms with Gasteiger partial charge < -0.3 is 19.4 Å². The number of nitrogens with zero attached hydrogens (tertiary/aromatic N) is 1. The highest BCUT2D eigenvalue weighted by molar-refractivity contribution is 5.83. The van der Waals surface area contributed by atoms with E-state index in [1.165, 1.54) is 16.5 Å². The largest absolute Gasteiger partial charge is 0.350 e. The first-order valence-electron chi connectivity index (χ1n) is 7.10. The molecule has 1 N–H and O–H groups in total. The fourth-order valence-corrected chi connectivity index (χ4v) is 2.80. The first-order valence-corrected chi connectivity index (χ1v) is 7.10. The van der Waals surface area contributed by atoms with Crippen LogP contribution in [0.25, 0.3) is 10.9 Å². The zero-order valence-corrected chi connectivity index (χ0v) is 12.3. The molecule has 3 rings (SSSR count). The summed E-state index contributed by atoms with van der Waals surface area (Å²) in [5.74, 6) is -0.439. The van der Waals surface area contributed by atoms with Crippen LogP contribution in [0.1, 0.15) is 19.4 Å². The van der Waals surface area contributed by atoms with Crippen LogP contribution in [0.5, 0.6) is 0 Å². The molecule has 0 bridgehead atoms. The predicted octanol–water partition coefficient (Wildman–Crippen LogP) is 2.42.